The van der Waals surface area contributed by atoms with E-state index in [0.29, 0.717) is 6.04 Å². The summed E-state index contributed by atoms with van der Waals surface area (Å²) >= 11 is 3.22. The molecule has 1 amide bonds. The number of carbonyl (C=O) groups excluding carboxylic acids is 1. The fourth-order valence-electron chi connectivity index (χ4n) is 1.38. The van der Waals surface area contributed by atoms with Crippen molar-refractivity contribution in [3.8, 4) is 0 Å². The maximum atomic E-state index is 11.5. The summed E-state index contributed by atoms with van der Waals surface area (Å²) in [6, 6.07) is 2.17. The number of hydrogen-bond donors (Lipinski definition) is 2. The molecule has 1 atom stereocenters. The standard InChI is InChI=1S/C9H13BrN4O/c1-6(10)9(15)13-8-2-3-12-14(8)7-4-11-5-7/h2-3,6-7,11H,4-5H2,1H3,(H,13,15). The lowest BCUT2D eigenvalue weighted by molar-refractivity contribution is -0.115. The van der Waals surface area contributed by atoms with E-state index in [2.05, 4.69) is 31.7 Å². The maximum absolute atomic E-state index is 11.5. The van der Waals surface area contributed by atoms with E-state index in [1.54, 1.807) is 13.1 Å². The molecule has 6 heteroatoms. The third kappa shape index (κ3) is 2.21. The van der Waals surface area contributed by atoms with Crippen molar-refractivity contribution in [2.45, 2.75) is 17.8 Å². The van der Waals surface area contributed by atoms with Crippen molar-refractivity contribution in [2.75, 3.05) is 18.4 Å². The van der Waals surface area contributed by atoms with E-state index >= 15 is 0 Å². The smallest absolute Gasteiger partial charge is 0.239 e. The molecule has 1 aliphatic rings. The second-order valence-corrected chi connectivity index (χ2v) is 4.95. The Morgan fingerprint density at radius 2 is 2.53 bits per heavy atom. The second kappa shape index (κ2) is 4.32. The number of nitrogens with zero attached hydrogens (tertiary/aromatic N) is 2. The highest BCUT2D eigenvalue weighted by Gasteiger charge is 2.22. The van der Waals surface area contributed by atoms with E-state index in [4.69, 9.17) is 0 Å². The highest BCUT2D eigenvalue weighted by atomic mass is 79.9. The fourth-order valence-corrected chi connectivity index (χ4v) is 1.49. The van der Waals surface area contributed by atoms with Crippen molar-refractivity contribution in [2.24, 2.45) is 0 Å². The predicted octanol–water partition coefficient (Wildman–Crippen LogP) is 0.749. The van der Waals surface area contributed by atoms with Gasteiger partial charge in [0.05, 0.1) is 17.1 Å². The van der Waals surface area contributed by atoms with Crippen molar-refractivity contribution in [3.63, 3.8) is 0 Å². The summed E-state index contributed by atoms with van der Waals surface area (Å²) in [4.78, 5) is 11.3. The van der Waals surface area contributed by atoms with Gasteiger partial charge >= 0.3 is 0 Å². The van der Waals surface area contributed by atoms with Crippen molar-refractivity contribution in [3.05, 3.63) is 12.3 Å². The highest BCUT2D eigenvalue weighted by Crippen LogP contribution is 2.17. The normalized spacial score (nSPS) is 18.3. The lowest BCUT2D eigenvalue weighted by Gasteiger charge is -2.28. The molecule has 15 heavy (non-hydrogen) atoms. The maximum Gasteiger partial charge on any atom is 0.239 e. The Morgan fingerprint density at radius 3 is 3.07 bits per heavy atom. The molecular weight excluding hydrogens is 260 g/mol. The molecule has 1 aliphatic heterocycles. The summed E-state index contributed by atoms with van der Waals surface area (Å²) in [5, 5.41) is 10.2. The van der Waals surface area contributed by atoms with Gasteiger partial charge in [-0.1, -0.05) is 15.9 Å². The molecule has 5 nitrogen and oxygen atoms in total. The molecule has 82 valence electrons. The molecule has 0 radical (unpaired) electrons. The van der Waals surface area contributed by atoms with Gasteiger partial charge in [0.1, 0.15) is 5.82 Å². The van der Waals surface area contributed by atoms with Gasteiger partial charge < -0.3 is 10.6 Å². The number of nitrogens with one attached hydrogen (secondary N) is 2. The minimum Gasteiger partial charge on any atom is -0.312 e. The van der Waals surface area contributed by atoms with Crippen LogP contribution in [0.1, 0.15) is 13.0 Å². The van der Waals surface area contributed by atoms with Crippen LogP contribution in [0, 0.1) is 0 Å². The van der Waals surface area contributed by atoms with E-state index < -0.39 is 0 Å². The van der Waals surface area contributed by atoms with Gasteiger partial charge in [0.25, 0.3) is 0 Å². The minimum atomic E-state index is -0.194. The molecular formula is C9H13BrN4O. The van der Waals surface area contributed by atoms with E-state index in [1.807, 2.05) is 10.7 Å². The number of carbonyl (C=O) groups is 1. The molecule has 0 aliphatic carbocycles. The van der Waals surface area contributed by atoms with Crippen LogP contribution < -0.4 is 10.6 Å². The van der Waals surface area contributed by atoms with Crippen LogP contribution in [0.5, 0.6) is 0 Å². The first-order valence-electron chi connectivity index (χ1n) is 4.87. The third-order valence-corrected chi connectivity index (χ3v) is 2.80. The number of anilines is 1. The van der Waals surface area contributed by atoms with Gasteiger partial charge in [-0.15, -0.1) is 0 Å². The number of aromatic nitrogens is 2. The van der Waals surface area contributed by atoms with Crippen LogP contribution >= 0.6 is 15.9 Å². The van der Waals surface area contributed by atoms with Gasteiger partial charge in [0.15, 0.2) is 0 Å². The zero-order valence-corrected chi connectivity index (χ0v) is 9.99. The summed E-state index contributed by atoms with van der Waals surface area (Å²) in [6.07, 6.45) is 1.70. The first-order valence-corrected chi connectivity index (χ1v) is 5.79. The van der Waals surface area contributed by atoms with Crippen LogP contribution in [0.25, 0.3) is 0 Å². The zero-order chi connectivity index (χ0) is 10.8. The van der Waals surface area contributed by atoms with Crippen molar-refractivity contribution < 1.29 is 4.79 Å². The summed E-state index contributed by atoms with van der Waals surface area (Å²) in [5.41, 5.74) is 0. The molecule has 0 aromatic carbocycles. The molecule has 2 rings (SSSR count). The van der Waals surface area contributed by atoms with Crippen LogP contribution in [0.2, 0.25) is 0 Å². The topological polar surface area (TPSA) is 59.0 Å². The van der Waals surface area contributed by atoms with Crippen molar-refractivity contribution >= 4 is 27.7 Å². The van der Waals surface area contributed by atoms with E-state index in [1.165, 1.54) is 0 Å². The average molecular weight is 273 g/mol. The molecule has 0 spiro atoms. The van der Waals surface area contributed by atoms with Gasteiger partial charge in [-0.05, 0) is 6.92 Å². The molecule has 1 aromatic heterocycles. The van der Waals surface area contributed by atoms with Gasteiger partial charge in [-0.25, -0.2) is 4.68 Å². The number of amides is 1. The van der Waals surface area contributed by atoms with Crippen LogP contribution in [0.15, 0.2) is 12.3 Å². The fraction of sp³-hybridized carbons (Fsp3) is 0.556. The number of hydrogen-bond acceptors (Lipinski definition) is 3. The largest absolute Gasteiger partial charge is 0.312 e. The van der Waals surface area contributed by atoms with E-state index in [9.17, 15) is 4.79 Å². The summed E-state index contributed by atoms with van der Waals surface area (Å²) in [5.74, 6) is 0.710. The molecule has 1 saturated heterocycles. The highest BCUT2D eigenvalue weighted by molar-refractivity contribution is 9.10. The van der Waals surface area contributed by atoms with E-state index in [-0.39, 0.29) is 10.7 Å². The first kappa shape index (κ1) is 10.6. The molecule has 2 heterocycles. The molecule has 2 N–H and O–H groups in total. The van der Waals surface area contributed by atoms with Gasteiger partial charge in [-0.2, -0.15) is 5.10 Å². The van der Waals surface area contributed by atoms with Crippen molar-refractivity contribution in [1.82, 2.24) is 15.1 Å². The number of rotatable bonds is 3. The lowest BCUT2D eigenvalue weighted by atomic mass is 10.2. The Bertz CT molecular complexity index is 359. The van der Waals surface area contributed by atoms with Gasteiger partial charge in [-0.3, -0.25) is 4.79 Å². The minimum absolute atomic E-state index is 0.0518. The molecule has 1 unspecified atom stereocenters. The van der Waals surface area contributed by atoms with Crippen LogP contribution in [0.4, 0.5) is 5.82 Å². The third-order valence-electron chi connectivity index (χ3n) is 2.39. The molecule has 0 saturated carbocycles. The monoisotopic (exact) mass is 272 g/mol. The Balaban J connectivity index is 2.07. The average Bonchev–Trinajstić information content (AvgIpc) is 2.50. The second-order valence-electron chi connectivity index (χ2n) is 3.58. The predicted molar refractivity (Wildman–Crippen MR) is 61.2 cm³/mol. The van der Waals surface area contributed by atoms with Crippen LogP contribution in [-0.4, -0.2) is 33.6 Å². The summed E-state index contributed by atoms with van der Waals surface area (Å²) in [6.45, 7) is 3.61. The van der Waals surface area contributed by atoms with Gasteiger partial charge in [0, 0.05) is 19.2 Å². The summed E-state index contributed by atoms with van der Waals surface area (Å²) < 4.78 is 1.85. The Hall–Kier alpha value is -0.880. The zero-order valence-electron chi connectivity index (χ0n) is 8.40. The van der Waals surface area contributed by atoms with Crippen molar-refractivity contribution in [1.29, 1.82) is 0 Å². The Kier molecular flexibility index (Phi) is 3.06. The molecule has 1 aromatic rings. The van der Waals surface area contributed by atoms with Crippen LogP contribution in [-0.2, 0) is 4.79 Å². The SMILES string of the molecule is CC(Br)C(=O)Nc1ccnn1C1CNC1. The first-order chi connectivity index (χ1) is 7.18. The van der Waals surface area contributed by atoms with E-state index in [0.717, 1.165) is 18.9 Å². The number of alkyl halides is 1. The van der Waals surface area contributed by atoms with Crippen LogP contribution in [0.3, 0.4) is 0 Å². The number of halogens is 1. The summed E-state index contributed by atoms with van der Waals surface area (Å²) in [7, 11) is 0. The van der Waals surface area contributed by atoms with Gasteiger partial charge in [0.2, 0.25) is 5.91 Å². The Morgan fingerprint density at radius 1 is 1.80 bits per heavy atom. The Labute approximate surface area is 96.4 Å². The lowest BCUT2D eigenvalue weighted by Crippen LogP contribution is -2.44. The molecule has 0 bridgehead atoms. The molecule has 1 fully saturated rings. The quantitative estimate of drug-likeness (QED) is 0.799.